The predicted octanol–water partition coefficient (Wildman–Crippen LogP) is 4.20. The zero-order valence-electron chi connectivity index (χ0n) is 13.5. The average Bonchev–Trinajstić information content (AvgIpc) is 3.09. The fourth-order valence-electron chi connectivity index (χ4n) is 2.82. The second-order valence-corrected chi connectivity index (χ2v) is 7.16. The van der Waals surface area contributed by atoms with Crippen molar-refractivity contribution in [3.63, 3.8) is 0 Å². The van der Waals surface area contributed by atoms with Crippen LogP contribution in [0.2, 0.25) is 5.02 Å². The van der Waals surface area contributed by atoms with E-state index in [0.29, 0.717) is 24.7 Å². The first-order valence-corrected chi connectivity index (χ1v) is 9.43. The summed E-state index contributed by atoms with van der Waals surface area (Å²) in [6, 6.07) is 9.79. The van der Waals surface area contributed by atoms with E-state index >= 15 is 0 Å². The maximum Gasteiger partial charge on any atom is 0.224 e. The molecule has 4 nitrogen and oxygen atoms in total. The molecule has 1 aromatic heterocycles. The summed E-state index contributed by atoms with van der Waals surface area (Å²) in [5, 5.41) is 5.75. The first kappa shape index (κ1) is 17.3. The minimum absolute atomic E-state index is 0.0309. The molecule has 6 heteroatoms. The summed E-state index contributed by atoms with van der Waals surface area (Å²) in [7, 11) is 0. The summed E-state index contributed by atoms with van der Waals surface area (Å²) < 4.78 is 5.40. The number of para-hydroxylation sites is 1. The summed E-state index contributed by atoms with van der Waals surface area (Å²) in [5.41, 5.74) is 1.68. The monoisotopic (exact) mass is 364 g/mol. The molecule has 24 heavy (non-hydrogen) atoms. The number of morpholine rings is 1. The fourth-order valence-corrected chi connectivity index (χ4v) is 3.86. The molecule has 3 rings (SSSR count). The van der Waals surface area contributed by atoms with E-state index in [4.69, 9.17) is 16.3 Å². The first-order chi connectivity index (χ1) is 11.7. The standard InChI is InChI=1S/C18H21ClN2O2S/c19-15-6-2-7-16(18(15)21-9-11-23-12-10-21)20-17(22)8-1-4-14-5-3-13-24-14/h2-3,5-7,13H,1,4,8-12H2,(H,20,22). The maximum absolute atomic E-state index is 12.3. The number of amides is 1. The van der Waals surface area contributed by atoms with Crippen LogP contribution in [0.15, 0.2) is 35.7 Å². The number of hydrogen-bond acceptors (Lipinski definition) is 4. The molecular formula is C18H21ClN2O2S. The number of nitrogens with zero attached hydrogens (tertiary/aromatic N) is 1. The Morgan fingerprint density at radius 1 is 1.25 bits per heavy atom. The van der Waals surface area contributed by atoms with Crippen LogP contribution in [-0.4, -0.2) is 32.2 Å². The second-order valence-electron chi connectivity index (χ2n) is 5.72. The molecule has 1 amide bonds. The molecule has 0 unspecified atom stereocenters. The van der Waals surface area contributed by atoms with Crippen molar-refractivity contribution in [3.05, 3.63) is 45.6 Å². The molecule has 0 atom stereocenters. The number of aryl methyl sites for hydroxylation is 1. The minimum atomic E-state index is 0.0309. The van der Waals surface area contributed by atoms with E-state index in [-0.39, 0.29) is 5.91 Å². The van der Waals surface area contributed by atoms with E-state index in [2.05, 4.69) is 21.7 Å². The number of ether oxygens (including phenoxy) is 1. The van der Waals surface area contributed by atoms with Crippen molar-refractivity contribution >= 4 is 40.2 Å². The van der Waals surface area contributed by atoms with Gasteiger partial charge in [-0.05, 0) is 36.4 Å². The number of carbonyl (C=O) groups excluding carboxylic acids is 1. The third kappa shape index (κ3) is 4.50. The van der Waals surface area contributed by atoms with Crippen LogP contribution in [0.25, 0.3) is 0 Å². The Morgan fingerprint density at radius 2 is 2.08 bits per heavy atom. The van der Waals surface area contributed by atoms with E-state index in [1.165, 1.54) is 4.88 Å². The molecule has 2 heterocycles. The Morgan fingerprint density at radius 3 is 2.83 bits per heavy atom. The van der Waals surface area contributed by atoms with Crippen molar-refractivity contribution in [2.45, 2.75) is 19.3 Å². The molecule has 1 aliphatic rings. The highest BCUT2D eigenvalue weighted by molar-refractivity contribution is 7.09. The van der Waals surface area contributed by atoms with Crippen molar-refractivity contribution < 1.29 is 9.53 Å². The van der Waals surface area contributed by atoms with Crippen LogP contribution in [0.1, 0.15) is 17.7 Å². The van der Waals surface area contributed by atoms with Gasteiger partial charge in [0.15, 0.2) is 0 Å². The lowest BCUT2D eigenvalue weighted by atomic mass is 10.2. The van der Waals surface area contributed by atoms with Gasteiger partial charge in [0.25, 0.3) is 0 Å². The Kier molecular flexibility index (Phi) is 6.12. The van der Waals surface area contributed by atoms with Crippen molar-refractivity contribution in [2.75, 3.05) is 36.5 Å². The normalized spacial score (nSPS) is 14.6. The van der Waals surface area contributed by atoms with Crippen molar-refractivity contribution in [1.82, 2.24) is 0 Å². The molecule has 0 aliphatic carbocycles. The summed E-state index contributed by atoms with van der Waals surface area (Å²) >= 11 is 8.12. The van der Waals surface area contributed by atoms with Gasteiger partial charge in [0.05, 0.1) is 29.6 Å². The molecule has 0 saturated carbocycles. The molecule has 2 aromatic rings. The van der Waals surface area contributed by atoms with Crippen LogP contribution in [0.4, 0.5) is 11.4 Å². The molecule has 1 N–H and O–H groups in total. The molecule has 1 fully saturated rings. The third-order valence-corrected chi connectivity index (χ3v) is 5.24. The van der Waals surface area contributed by atoms with E-state index in [0.717, 1.165) is 37.3 Å². The van der Waals surface area contributed by atoms with Crippen LogP contribution in [0.3, 0.4) is 0 Å². The number of nitrogens with one attached hydrogen (secondary N) is 1. The fraction of sp³-hybridized carbons (Fsp3) is 0.389. The number of thiophene rings is 1. The van der Waals surface area contributed by atoms with Crippen molar-refractivity contribution in [2.24, 2.45) is 0 Å². The van der Waals surface area contributed by atoms with Gasteiger partial charge in [-0.3, -0.25) is 4.79 Å². The molecule has 0 spiro atoms. The number of hydrogen-bond donors (Lipinski definition) is 1. The first-order valence-electron chi connectivity index (χ1n) is 8.17. The smallest absolute Gasteiger partial charge is 0.224 e. The molecule has 1 aliphatic heterocycles. The Hall–Kier alpha value is -1.56. The predicted molar refractivity (Wildman–Crippen MR) is 100 cm³/mol. The van der Waals surface area contributed by atoms with Gasteiger partial charge >= 0.3 is 0 Å². The number of halogens is 1. The second kappa shape index (κ2) is 8.51. The largest absolute Gasteiger partial charge is 0.378 e. The number of anilines is 2. The minimum Gasteiger partial charge on any atom is -0.378 e. The topological polar surface area (TPSA) is 41.6 Å². The van der Waals surface area contributed by atoms with Crippen molar-refractivity contribution in [1.29, 1.82) is 0 Å². The van der Waals surface area contributed by atoms with E-state index in [1.54, 1.807) is 11.3 Å². The molecule has 1 aromatic carbocycles. The van der Waals surface area contributed by atoms with E-state index in [9.17, 15) is 4.79 Å². The van der Waals surface area contributed by atoms with Crippen molar-refractivity contribution in [3.8, 4) is 0 Å². The molecule has 0 bridgehead atoms. The SMILES string of the molecule is O=C(CCCc1cccs1)Nc1cccc(Cl)c1N1CCOCC1. The van der Waals surface area contributed by atoms with Gasteiger partial charge in [-0.1, -0.05) is 23.7 Å². The lowest BCUT2D eigenvalue weighted by Crippen LogP contribution is -2.37. The lowest BCUT2D eigenvalue weighted by Gasteiger charge is -2.31. The zero-order valence-corrected chi connectivity index (χ0v) is 15.0. The number of rotatable bonds is 6. The van der Waals surface area contributed by atoms with Gasteiger partial charge in [-0.25, -0.2) is 0 Å². The van der Waals surface area contributed by atoms with Gasteiger partial charge < -0.3 is 15.0 Å². The maximum atomic E-state index is 12.3. The quantitative estimate of drug-likeness (QED) is 0.835. The summed E-state index contributed by atoms with van der Waals surface area (Å²) in [4.78, 5) is 15.8. The van der Waals surface area contributed by atoms with Gasteiger partial charge in [0.2, 0.25) is 5.91 Å². The third-order valence-electron chi connectivity index (χ3n) is 4.00. The highest BCUT2D eigenvalue weighted by atomic mass is 35.5. The summed E-state index contributed by atoms with van der Waals surface area (Å²) in [6.45, 7) is 2.93. The molecule has 1 saturated heterocycles. The Balaban J connectivity index is 1.61. The van der Waals surface area contributed by atoms with E-state index < -0.39 is 0 Å². The van der Waals surface area contributed by atoms with E-state index in [1.807, 2.05) is 24.3 Å². The average molecular weight is 365 g/mol. The van der Waals surface area contributed by atoms with Gasteiger partial charge in [0, 0.05) is 24.4 Å². The van der Waals surface area contributed by atoms with Crippen LogP contribution in [0, 0.1) is 0 Å². The summed E-state index contributed by atoms with van der Waals surface area (Å²) in [5.74, 6) is 0.0309. The van der Waals surface area contributed by atoms with Crippen LogP contribution < -0.4 is 10.2 Å². The molecular weight excluding hydrogens is 344 g/mol. The Bertz CT molecular complexity index is 670. The zero-order chi connectivity index (χ0) is 16.8. The number of benzene rings is 1. The van der Waals surface area contributed by atoms with Crippen LogP contribution in [-0.2, 0) is 16.0 Å². The molecule has 0 radical (unpaired) electrons. The van der Waals surface area contributed by atoms with Gasteiger partial charge in [-0.15, -0.1) is 11.3 Å². The Labute approximate surface area is 151 Å². The molecule has 128 valence electrons. The number of carbonyl (C=O) groups is 1. The van der Waals surface area contributed by atoms with Gasteiger partial charge in [-0.2, -0.15) is 0 Å². The lowest BCUT2D eigenvalue weighted by molar-refractivity contribution is -0.116. The highest BCUT2D eigenvalue weighted by Gasteiger charge is 2.18. The van der Waals surface area contributed by atoms with Gasteiger partial charge in [0.1, 0.15) is 0 Å². The van der Waals surface area contributed by atoms with Crippen LogP contribution in [0.5, 0.6) is 0 Å². The summed E-state index contributed by atoms with van der Waals surface area (Å²) in [6.07, 6.45) is 2.30. The van der Waals surface area contributed by atoms with Crippen LogP contribution >= 0.6 is 22.9 Å². The highest BCUT2D eigenvalue weighted by Crippen LogP contribution is 2.34.